The zero-order valence-electron chi connectivity index (χ0n) is 17.9. The number of nitrogens with zero attached hydrogens (tertiary/aromatic N) is 3. The number of rotatable bonds is 7. The monoisotopic (exact) mass is 419 g/mol. The van der Waals surface area contributed by atoms with Crippen LogP contribution in [0.1, 0.15) is 56.6 Å². The maximum Gasteiger partial charge on any atom is 0.223 e. The van der Waals surface area contributed by atoms with Crippen molar-refractivity contribution in [2.24, 2.45) is 39.6 Å². The summed E-state index contributed by atoms with van der Waals surface area (Å²) in [5.41, 5.74) is 12.4. The minimum atomic E-state index is -1.00. The standard InChI is InChI=1S/C24H29N5O2/c1-23(6-7-25,31-14-16-4-2-15(13-26)3-5-16)21(27)29-20-18-8-17-9-19(20)12-24(10-17,11-18)22(28)30/h2-5,17-20H,6,8-12,14H2,1H3,(H2,27,29)(H2,28,30). The summed E-state index contributed by atoms with van der Waals surface area (Å²) >= 11 is 0. The van der Waals surface area contributed by atoms with Crippen LogP contribution in [0.15, 0.2) is 29.3 Å². The molecule has 4 fully saturated rings. The first-order valence-electron chi connectivity index (χ1n) is 10.9. The first kappa shape index (κ1) is 21.3. The molecule has 0 heterocycles. The van der Waals surface area contributed by atoms with Gasteiger partial charge in [-0.25, -0.2) is 0 Å². The van der Waals surface area contributed by atoms with Crippen molar-refractivity contribution in [1.82, 2.24) is 0 Å². The van der Waals surface area contributed by atoms with Crippen LogP contribution < -0.4 is 11.5 Å². The SMILES string of the molecule is CC(CC#N)(OCc1ccc(C#N)cc1)C(N)=NC1C2CC3CC1CC(C(N)=O)(C3)C2. The Labute approximate surface area is 183 Å². The highest BCUT2D eigenvalue weighted by molar-refractivity contribution is 5.89. The van der Waals surface area contributed by atoms with Gasteiger partial charge in [0, 0.05) is 5.41 Å². The summed E-state index contributed by atoms with van der Waals surface area (Å²) in [5.74, 6) is 1.34. The Morgan fingerprint density at radius 2 is 1.84 bits per heavy atom. The van der Waals surface area contributed by atoms with E-state index in [2.05, 4.69) is 12.1 Å². The van der Waals surface area contributed by atoms with E-state index < -0.39 is 5.60 Å². The highest BCUT2D eigenvalue weighted by Gasteiger charge is 2.58. The predicted molar refractivity (Wildman–Crippen MR) is 115 cm³/mol. The largest absolute Gasteiger partial charge is 0.385 e. The molecular weight excluding hydrogens is 390 g/mol. The molecule has 3 unspecified atom stereocenters. The normalized spacial score (nSPS) is 33.3. The van der Waals surface area contributed by atoms with Crippen LogP contribution in [-0.2, 0) is 16.1 Å². The van der Waals surface area contributed by atoms with Gasteiger partial charge >= 0.3 is 0 Å². The van der Waals surface area contributed by atoms with E-state index >= 15 is 0 Å². The van der Waals surface area contributed by atoms with Gasteiger partial charge in [-0.05, 0) is 74.5 Å². The van der Waals surface area contributed by atoms with Crippen LogP contribution in [0.25, 0.3) is 0 Å². The Balaban J connectivity index is 1.51. The molecular formula is C24H29N5O2. The lowest BCUT2D eigenvalue weighted by Gasteiger charge is -2.57. The number of amides is 1. The van der Waals surface area contributed by atoms with Gasteiger partial charge < -0.3 is 16.2 Å². The van der Waals surface area contributed by atoms with Crippen LogP contribution in [0.5, 0.6) is 0 Å². The molecule has 0 saturated heterocycles. The van der Waals surface area contributed by atoms with Crippen molar-refractivity contribution >= 4 is 11.7 Å². The number of benzene rings is 1. The molecule has 0 aromatic heterocycles. The van der Waals surface area contributed by atoms with Crippen molar-refractivity contribution in [3.05, 3.63) is 35.4 Å². The molecule has 1 aromatic rings. The average Bonchev–Trinajstić information content (AvgIpc) is 2.74. The van der Waals surface area contributed by atoms with Gasteiger partial charge in [-0.15, -0.1) is 0 Å². The van der Waals surface area contributed by atoms with Crippen molar-refractivity contribution < 1.29 is 9.53 Å². The van der Waals surface area contributed by atoms with Gasteiger partial charge in [0.15, 0.2) is 0 Å². The second kappa shape index (κ2) is 7.98. The number of amidine groups is 1. The molecule has 0 aliphatic heterocycles. The number of ether oxygens (including phenoxy) is 1. The zero-order valence-corrected chi connectivity index (χ0v) is 17.9. The van der Waals surface area contributed by atoms with E-state index in [4.69, 9.17) is 26.5 Å². The molecule has 0 spiro atoms. The number of aliphatic imine (C=N–C) groups is 1. The van der Waals surface area contributed by atoms with Gasteiger partial charge in [-0.1, -0.05) is 12.1 Å². The zero-order chi connectivity index (χ0) is 22.2. The quantitative estimate of drug-likeness (QED) is 0.517. The van der Waals surface area contributed by atoms with Crippen molar-refractivity contribution in [1.29, 1.82) is 10.5 Å². The smallest absolute Gasteiger partial charge is 0.223 e. The lowest BCUT2D eigenvalue weighted by molar-refractivity contribution is -0.144. The van der Waals surface area contributed by atoms with Crippen LogP contribution >= 0.6 is 0 Å². The summed E-state index contributed by atoms with van der Waals surface area (Å²) in [5, 5.41) is 18.3. The van der Waals surface area contributed by atoms with Gasteiger partial charge in [-0.3, -0.25) is 9.79 Å². The Morgan fingerprint density at radius 3 is 2.39 bits per heavy atom. The van der Waals surface area contributed by atoms with E-state index in [-0.39, 0.29) is 30.4 Å². The van der Waals surface area contributed by atoms with Crippen LogP contribution in [0, 0.1) is 45.8 Å². The number of hydrogen-bond acceptors (Lipinski definition) is 5. The number of hydrogen-bond donors (Lipinski definition) is 2. The van der Waals surface area contributed by atoms with Crippen molar-refractivity contribution in [3.63, 3.8) is 0 Å². The third-order valence-electron chi connectivity index (χ3n) is 7.63. The molecule has 4 saturated carbocycles. The lowest BCUT2D eigenvalue weighted by Crippen LogP contribution is -2.58. The summed E-state index contributed by atoms with van der Waals surface area (Å²) in [4.78, 5) is 17.1. The summed E-state index contributed by atoms with van der Waals surface area (Å²) in [6, 6.07) is 11.5. The Bertz CT molecular complexity index is 957. The summed E-state index contributed by atoms with van der Waals surface area (Å²) < 4.78 is 6.11. The van der Waals surface area contributed by atoms with Gasteiger partial charge in [0.1, 0.15) is 11.4 Å². The van der Waals surface area contributed by atoms with Crippen molar-refractivity contribution in [2.75, 3.05) is 0 Å². The molecule has 31 heavy (non-hydrogen) atoms. The fourth-order valence-electron chi connectivity index (χ4n) is 6.09. The van der Waals surface area contributed by atoms with Crippen molar-refractivity contribution in [3.8, 4) is 12.1 Å². The molecule has 4 bridgehead atoms. The van der Waals surface area contributed by atoms with Gasteiger partial charge in [0.25, 0.3) is 0 Å². The Hall–Kier alpha value is -2.90. The minimum Gasteiger partial charge on any atom is -0.385 e. The van der Waals surface area contributed by atoms with E-state index in [1.165, 1.54) is 0 Å². The van der Waals surface area contributed by atoms with Crippen LogP contribution in [0.3, 0.4) is 0 Å². The molecule has 5 rings (SSSR count). The van der Waals surface area contributed by atoms with E-state index in [1.807, 2.05) is 12.1 Å². The number of nitriles is 2. The predicted octanol–water partition coefficient (Wildman–Crippen LogP) is 2.78. The lowest BCUT2D eigenvalue weighted by atomic mass is 9.48. The second-order valence-corrected chi connectivity index (χ2v) is 9.78. The van der Waals surface area contributed by atoms with Crippen LogP contribution in [0.2, 0.25) is 0 Å². The van der Waals surface area contributed by atoms with E-state index in [1.54, 1.807) is 19.1 Å². The first-order chi connectivity index (χ1) is 14.8. The molecule has 0 radical (unpaired) electrons. The van der Waals surface area contributed by atoms with Gasteiger partial charge in [0.2, 0.25) is 5.91 Å². The molecule has 4 aliphatic carbocycles. The molecule has 4 aliphatic rings. The van der Waals surface area contributed by atoms with Crippen molar-refractivity contribution in [2.45, 2.75) is 63.7 Å². The van der Waals surface area contributed by atoms with E-state index in [0.29, 0.717) is 29.2 Å². The van der Waals surface area contributed by atoms with Gasteiger partial charge in [0.05, 0.1) is 36.8 Å². The Kier molecular flexibility index (Phi) is 5.49. The molecule has 4 N–H and O–H groups in total. The first-order valence-corrected chi connectivity index (χ1v) is 10.9. The highest BCUT2D eigenvalue weighted by Crippen LogP contribution is 2.60. The van der Waals surface area contributed by atoms with E-state index in [0.717, 1.165) is 37.7 Å². The highest BCUT2D eigenvalue weighted by atomic mass is 16.5. The molecule has 1 aromatic carbocycles. The van der Waals surface area contributed by atoms with Crippen LogP contribution in [0.4, 0.5) is 0 Å². The number of nitrogens with two attached hydrogens (primary N) is 2. The summed E-state index contributed by atoms with van der Waals surface area (Å²) in [6.45, 7) is 2.07. The maximum absolute atomic E-state index is 12.2. The topological polar surface area (TPSA) is 138 Å². The molecule has 7 nitrogen and oxygen atoms in total. The van der Waals surface area contributed by atoms with E-state index in [9.17, 15) is 10.1 Å². The number of primary amides is 1. The number of carbonyl (C=O) groups excluding carboxylic acids is 1. The third-order valence-corrected chi connectivity index (χ3v) is 7.63. The molecule has 162 valence electrons. The summed E-state index contributed by atoms with van der Waals surface area (Å²) in [6.07, 6.45) is 4.72. The minimum absolute atomic E-state index is 0.0561. The molecule has 3 atom stereocenters. The number of carbonyl (C=O) groups is 1. The fraction of sp³-hybridized carbons (Fsp3) is 0.583. The maximum atomic E-state index is 12.2. The average molecular weight is 420 g/mol. The van der Waals surface area contributed by atoms with Crippen LogP contribution in [-0.4, -0.2) is 23.4 Å². The van der Waals surface area contributed by atoms with Gasteiger partial charge in [-0.2, -0.15) is 10.5 Å². The fourth-order valence-corrected chi connectivity index (χ4v) is 6.09. The summed E-state index contributed by atoms with van der Waals surface area (Å²) in [7, 11) is 0. The molecule has 7 heteroatoms. The Morgan fingerprint density at radius 1 is 1.19 bits per heavy atom. The third kappa shape index (κ3) is 3.91. The second-order valence-electron chi connectivity index (χ2n) is 9.78. The molecule has 1 amide bonds.